The van der Waals surface area contributed by atoms with Crippen LogP contribution >= 0.6 is 0 Å². The van der Waals surface area contributed by atoms with Gasteiger partial charge in [-0.1, -0.05) is 0 Å². The molecular weight excluding hydrogens is 333 g/mol. The van der Waals surface area contributed by atoms with Crippen molar-refractivity contribution in [1.82, 2.24) is 4.90 Å². The zero-order chi connectivity index (χ0) is 16.8. The van der Waals surface area contributed by atoms with Gasteiger partial charge in [0.1, 0.15) is 18.3 Å². The first kappa shape index (κ1) is 24.9. The van der Waals surface area contributed by atoms with Gasteiger partial charge in [0.05, 0.1) is 34.7 Å². The Morgan fingerprint density at radius 2 is 1.45 bits per heavy atom. The standard InChI is InChI=1S/C10H23NO9S.Na/c1-11(2-6(13)5-21(18,19)20)3-7(14)9(16)10(17)8(15)4-12;/h6-10,12-17H,2-5H2,1H3,(H,18,19,20);/q;+1/p-1. The topological polar surface area (TPSA) is 182 Å². The normalized spacial score (nSPS) is 19.1. The van der Waals surface area contributed by atoms with Crippen molar-refractivity contribution >= 4 is 10.1 Å². The second kappa shape index (κ2) is 11.2. The van der Waals surface area contributed by atoms with Crippen LogP contribution in [-0.2, 0) is 10.1 Å². The molecule has 0 rings (SSSR count). The van der Waals surface area contributed by atoms with E-state index in [9.17, 15) is 33.4 Å². The molecule has 0 aliphatic heterocycles. The van der Waals surface area contributed by atoms with Gasteiger partial charge in [0.25, 0.3) is 0 Å². The Bertz CT molecular complexity index is 396. The zero-order valence-corrected chi connectivity index (χ0v) is 15.3. The van der Waals surface area contributed by atoms with Crippen LogP contribution in [0.4, 0.5) is 0 Å². The first-order valence-corrected chi connectivity index (χ1v) is 7.69. The summed E-state index contributed by atoms with van der Waals surface area (Å²) >= 11 is 0. The second-order valence-corrected chi connectivity index (χ2v) is 6.35. The Hall–Kier alpha value is 0.630. The molecule has 6 N–H and O–H groups in total. The Kier molecular flexibility index (Phi) is 12.7. The summed E-state index contributed by atoms with van der Waals surface area (Å²) in [7, 11) is -3.20. The van der Waals surface area contributed by atoms with Crippen molar-refractivity contribution in [1.29, 1.82) is 0 Å². The molecule has 0 aliphatic rings. The van der Waals surface area contributed by atoms with Crippen molar-refractivity contribution in [2.24, 2.45) is 0 Å². The van der Waals surface area contributed by atoms with Crippen LogP contribution in [0.5, 0.6) is 0 Å². The number of hydrogen-bond donors (Lipinski definition) is 6. The van der Waals surface area contributed by atoms with Crippen molar-refractivity contribution in [3.05, 3.63) is 0 Å². The Morgan fingerprint density at radius 1 is 1.00 bits per heavy atom. The van der Waals surface area contributed by atoms with Gasteiger partial charge in [-0.25, -0.2) is 8.42 Å². The third-order valence-corrected chi connectivity index (χ3v) is 3.54. The molecule has 0 saturated heterocycles. The Balaban J connectivity index is 0. The molecule has 0 radical (unpaired) electrons. The van der Waals surface area contributed by atoms with Gasteiger partial charge >= 0.3 is 29.6 Å². The minimum Gasteiger partial charge on any atom is -0.748 e. The maximum Gasteiger partial charge on any atom is 1.00 e. The van der Waals surface area contributed by atoms with Gasteiger partial charge in [0, 0.05) is 13.1 Å². The predicted molar refractivity (Wildman–Crippen MR) is 69.2 cm³/mol. The van der Waals surface area contributed by atoms with Gasteiger partial charge in [0.15, 0.2) is 0 Å². The van der Waals surface area contributed by atoms with Gasteiger partial charge in [-0.15, -0.1) is 0 Å². The molecule has 0 aliphatic carbocycles. The van der Waals surface area contributed by atoms with Crippen LogP contribution in [0.15, 0.2) is 0 Å². The Morgan fingerprint density at radius 3 is 1.86 bits per heavy atom. The minimum absolute atomic E-state index is 0. The quantitative estimate of drug-likeness (QED) is 0.163. The SMILES string of the molecule is CN(CC(O)CS(=O)(=O)[O-])CC(O)C(O)C(O)C(O)CO.[Na+]. The molecule has 0 amide bonds. The number of likely N-dealkylation sites (N-methyl/N-ethyl adjacent to an activating group) is 1. The number of rotatable bonds is 10. The molecule has 0 heterocycles. The van der Waals surface area contributed by atoms with Crippen molar-refractivity contribution in [3.63, 3.8) is 0 Å². The maximum atomic E-state index is 10.4. The summed E-state index contributed by atoms with van der Waals surface area (Å²) in [6.07, 6.45) is -8.14. The van der Waals surface area contributed by atoms with Crippen LogP contribution in [0.3, 0.4) is 0 Å². The first-order chi connectivity index (χ1) is 9.47. The average molecular weight is 355 g/mol. The van der Waals surface area contributed by atoms with E-state index >= 15 is 0 Å². The molecule has 0 bridgehead atoms. The number of nitrogens with zero attached hydrogens (tertiary/aromatic N) is 1. The maximum absolute atomic E-state index is 10.4. The number of aliphatic hydroxyl groups excluding tert-OH is 6. The molecule has 0 aromatic carbocycles. The van der Waals surface area contributed by atoms with Gasteiger partial charge < -0.3 is 40.1 Å². The van der Waals surface area contributed by atoms with Crippen LogP contribution in [-0.4, -0.2) is 112 Å². The fourth-order valence-corrected chi connectivity index (χ4v) is 2.29. The smallest absolute Gasteiger partial charge is 0.748 e. The minimum atomic E-state index is -4.58. The third kappa shape index (κ3) is 10.4. The molecule has 5 unspecified atom stereocenters. The zero-order valence-electron chi connectivity index (χ0n) is 12.5. The molecule has 0 spiro atoms. The van der Waals surface area contributed by atoms with E-state index < -0.39 is 53.0 Å². The fourth-order valence-electron chi connectivity index (χ4n) is 1.71. The van der Waals surface area contributed by atoms with Crippen LogP contribution in [0.25, 0.3) is 0 Å². The van der Waals surface area contributed by atoms with E-state index in [2.05, 4.69) is 0 Å². The summed E-state index contributed by atoms with van der Waals surface area (Å²) in [5.41, 5.74) is 0. The van der Waals surface area contributed by atoms with Gasteiger partial charge in [-0.3, -0.25) is 0 Å². The summed E-state index contributed by atoms with van der Waals surface area (Å²) in [6, 6.07) is 0. The molecule has 0 aromatic rings. The molecule has 10 nitrogen and oxygen atoms in total. The summed E-state index contributed by atoms with van der Waals surface area (Å²) in [5.74, 6) is -0.984. The van der Waals surface area contributed by atoms with Crippen molar-refractivity contribution in [3.8, 4) is 0 Å². The summed E-state index contributed by atoms with van der Waals surface area (Å²) in [5, 5.41) is 55.7. The third-order valence-electron chi connectivity index (χ3n) is 2.74. The summed E-state index contributed by atoms with van der Waals surface area (Å²) in [6.45, 7) is -1.34. The van der Waals surface area contributed by atoms with Gasteiger partial charge in [0.2, 0.25) is 0 Å². The van der Waals surface area contributed by atoms with E-state index in [4.69, 9.17) is 10.2 Å². The molecule has 5 atom stereocenters. The van der Waals surface area contributed by atoms with E-state index in [1.54, 1.807) is 0 Å². The van der Waals surface area contributed by atoms with E-state index in [0.717, 1.165) is 0 Å². The molecule has 22 heavy (non-hydrogen) atoms. The van der Waals surface area contributed by atoms with Gasteiger partial charge in [-0.2, -0.15) is 0 Å². The molecule has 128 valence electrons. The largest absolute Gasteiger partial charge is 1.00 e. The molecule has 0 aromatic heterocycles. The number of hydrogen-bond acceptors (Lipinski definition) is 10. The van der Waals surface area contributed by atoms with E-state index in [-0.39, 0.29) is 42.6 Å². The van der Waals surface area contributed by atoms with E-state index in [1.807, 2.05) is 0 Å². The summed E-state index contributed by atoms with van der Waals surface area (Å²) in [4.78, 5) is 1.24. The summed E-state index contributed by atoms with van der Waals surface area (Å²) < 4.78 is 31.3. The Labute approximate surface area is 151 Å². The average Bonchev–Trinajstić information content (AvgIpc) is 2.32. The predicted octanol–water partition coefficient (Wildman–Crippen LogP) is -7.74. The molecular formula is C10H22NNaO9S. The van der Waals surface area contributed by atoms with Crippen molar-refractivity contribution < 1.29 is 73.2 Å². The van der Waals surface area contributed by atoms with Crippen LogP contribution in [0.1, 0.15) is 0 Å². The molecule has 0 saturated carbocycles. The van der Waals surface area contributed by atoms with E-state index in [1.165, 1.54) is 11.9 Å². The second-order valence-electron chi connectivity index (χ2n) is 4.90. The van der Waals surface area contributed by atoms with Gasteiger partial charge in [-0.05, 0) is 7.05 Å². The van der Waals surface area contributed by atoms with Crippen molar-refractivity contribution in [2.45, 2.75) is 30.5 Å². The number of aliphatic hydroxyl groups is 6. The van der Waals surface area contributed by atoms with Crippen LogP contribution in [0.2, 0.25) is 0 Å². The molecule has 0 fully saturated rings. The van der Waals surface area contributed by atoms with E-state index in [0.29, 0.717) is 0 Å². The van der Waals surface area contributed by atoms with Crippen molar-refractivity contribution in [2.75, 3.05) is 32.5 Å². The molecule has 12 heteroatoms. The fraction of sp³-hybridized carbons (Fsp3) is 1.00. The van der Waals surface area contributed by atoms with Crippen LogP contribution < -0.4 is 29.6 Å². The van der Waals surface area contributed by atoms with Crippen LogP contribution in [0, 0.1) is 0 Å². The first-order valence-electron chi connectivity index (χ1n) is 6.11. The monoisotopic (exact) mass is 355 g/mol.